The Hall–Kier alpha value is -0.248. The van der Waals surface area contributed by atoms with Crippen molar-refractivity contribution in [2.75, 3.05) is 0 Å². The Kier molecular flexibility index (Phi) is 3.85. The lowest BCUT2D eigenvalue weighted by molar-refractivity contribution is 0.732. The quantitative estimate of drug-likeness (QED) is 0.619. The molecule has 0 fully saturated rings. The number of hydrogen-bond donors (Lipinski definition) is 0. The van der Waals surface area contributed by atoms with Crippen molar-refractivity contribution >= 4 is 19.6 Å². The molecule has 0 saturated heterocycles. The van der Waals surface area contributed by atoms with Gasteiger partial charge in [-0.3, -0.25) is 0 Å². The molecule has 12 heavy (non-hydrogen) atoms. The molecule has 0 aliphatic rings. The molecule has 1 rings (SSSR count). The SMILES string of the molecule is Cc1cc[c]([AlH][CH2]C(C)C)cc1. The lowest BCUT2D eigenvalue weighted by Gasteiger charge is -2.02. The van der Waals surface area contributed by atoms with Crippen LogP contribution in [0.5, 0.6) is 0 Å². The molecule has 1 heteroatoms. The standard InChI is InChI=1S/C7H7.C4H9.Al.H/c1-7-5-3-2-4-6-7;1-4(2)3;;/h3-6H,1H3;4H,1H2,2-3H3;;. The highest BCUT2D eigenvalue weighted by Gasteiger charge is 1.99. The average molecular weight is 176 g/mol. The summed E-state index contributed by atoms with van der Waals surface area (Å²) in [5.74, 6) is 0.873. The van der Waals surface area contributed by atoms with Gasteiger partial charge in [-0.25, -0.2) is 0 Å². The van der Waals surface area contributed by atoms with Gasteiger partial charge in [-0.15, -0.1) is 4.43 Å². The minimum Gasteiger partial charge on any atom is -0.116 e. The van der Waals surface area contributed by atoms with Crippen molar-refractivity contribution < 1.29 is 0 Å². The minimum absolute atomic E-state index is 0.0251. The molecule has 0 bridgehead atoms. The second-order valence-corrected chi connectivity index (χ2v) is 5.81. The smallest absolute Gasteiger partial charge is 0.116 e. The van der Waals surface area contributed by atoms with Gasteiger partial charge in [-0.05, 0) is 6.92 Å². The van der Waals surface area contributed by atoms with Crippen LogP contribution in [0.1, 0.15) is 19.4 Å². The molecule has 0 aromatic heterocycles. The molecule has 1 aromatic rings. The van der Waals surface area contributed by atoms with Gasteiger partial charge in [0.1, 0.15) is 0 Å². The predicted octanol–water partition coefficient (Wildman–Crippen LogP) is 2.13. The van der Waals surface area contributed by atoms with E-state index < -0.39 is 0 Å². The molecule has 0 radical (unpaired) electrons. The van der Waals surface area contributed by atoms with Gasteiger partial charge in [0.2, 0.25) is 0 Å². The number of rotatable bonds is 3. The Morgan fingerprint density at radius 1 is 1.17 bits per heavy atom. The van der Waals surface area contributed by atoms with E-state index in [9.17, 15) is 0 Å². The van der Waals surface area contributed by atoms with Crippen molar-refractivity contribution in [1.82, 2.24) is 0 Å². The van der Waals surface area contributed by atoms with E-state index >= 15 is 0 Å². The Balaban J connectivity index is 2.48. The first kappa shape index (κ1) is 9.84. The molecule has 64 valence electrons. The first-order valence-electron chi connectivity index (χ1n) is 4.74. The van der Waals surface area contributed by atoms with Crippen LogP contribution in [0.25, 0.3) is 0 Å². The molecule has 0 aliphatic carbocycles. The van der Waals surface area contributed by atoms with Crippen molar-refractivity contribution in [2.24, 2.45) is 5.92 Å². The number of hydrogen-bond acceptors (Lipinski definition) is 0. The molecule has 0 saturated carbocycles. The fourth-order valence-corrected chi connectivity index (χ4v) is 2.69. The third-order valence-electron chi connectivity index (χ3n) is 2.13. The summed E-state index contributed by atoms with van der Waals surface area (Å²) in [6.07, 6.45) is 0. The third-order valence-corrected chi connectivity index (χ3v) is 4.62. The van der Waals surface area contributed by atoms with E-state index in [2.05, 4.69) is 45.0 Å². The largest absolute Gasteiger partial charge is 0.282 e. The maximum absolute atomic E-state index is 2.31. The van der Waals surface area contributed by atoms with Crippen LogP contribution in [0, 0.1) is 12.8 Å². The van der Waals surface area contributed by atoms with Gasteiger partial charge in [0.15, 0.2) is 0 Å². The van der Waals surface area contributed by atoms with Gasteiger partial charge in [-0.2, -0.15) is 0 Å². The molecule has 0 N–H and O–H groups in total. The van der Waals surface area contributed by atoms with Crippen LogP contribution in [0.4, 0.5) is 0 Å². The highest BCUT2D eigenvalue weighted by atomic mass is 27.1. The molecule has 0 amide bonds. The van der Waals surface area contributed by atoms with Gasteiger partial charge >= 0.3 is 0 Å². The van der Waals surface area contributed by atoms with E-state index in [1.165, 1.54) is 10.8 Å². The zero-order valence-corrected chi connectivity index (χ0v) is 9.72. The summed E-state index contributed by atoms with van der Waals surface area (Å²) in [5.41, 5.74) is 1.37. The Morgan fingerprint density at radius 2 is 1.75 bits per heavy atom. The van der Waals surface area contributed by atoms with Crippen molar-refractivity contribution in [3.05, 3.63) is 29.8 Å². The lowest BCUT2D eigenvalue weighted by Crippen LogP contribution is -2.14. The average Bonchev–Trinajstić information content (AvgIpc) is 2.03. The zero-order chi connectivity index (χ0) is 8.97. The van der Waals surface area contributed by atoms with Gasteiger partial charge in [-0.1, -0.05) is 54.9 Å². The summed E-state index contributed by atoms with van der Waals surface area (Å²) < 4.78 is 1.61. The molecule has 0 nitrogen and oxygen atoms in total. The van der Waals surface area contributed by atoms with Crippen LogP contribution >= 0.6 is 0 Å². The Bertz CT molecular complexity index is 223. The van der Waals surface area contributed by atoms with E-state index in [0.29, 0.717) is 0 Å². The summed E-state index contributed by atoms with van der Waals surface area (Å²) >= 11 is 0.0251. The zero-order valence-electron chi connectivity index (χ0n) is 8.30. The first-order chi connectivity index (χ1) is 5.68. The first-order valence-corrected chi connectivity index (χ1v) is 6.44. The summed E-state index contributed by atoms with van der Waals surface area (Å²) in [4.78, 5) is 0. The molecular formula is C11H17Al. The summed E-state index contributed by atoms with van der Waals surface area (Å²) in [6, 6.07) is 9.04. The van der Waals surface area contributed by atoms with E-state index in [1.807, 2.05) is 0 Å². The van der Waals surface area contributed by atoms with Crippen LogP contribution in [0.2, 0.25) is 5.28 Å². The molecule has 1 aromatic carbocycles. The van der Waals surface area contributed by atoms with Gasteiger partial charge < -0.3 is 0 Å². The summed E-state index contributed by atoms with van der Waals surface area (Å²) in [5, 5.41) is 1.43. The van der Waals surface area contributed by atoms with Crippen LogP contribution in [0.3, 0.4) is 0 Å². The third kappa shape index (κ3) is 3.43. The van der Waals surface area contributed by atoms with Crippen molar-refractivity contribution in [1.29, 1.82) is 0 Å². The molecule has 0 atom stereocenters. The van der Waals surface area contributed by atoms with Crippen LogP contribution in [0.15, 0.2) is 24.3 Å². The second kappa shape index (κ2) is 4.70. The molecule has 0 spiro atoms. The Morgan fingerprint density at radius 3 is 2.25 bits per heavy atom. The van der Waals surface area contributed by atoms with Crippen LogP contribution in [-0.2, 0) is 0 Å². The van der Waals surface area contributed by atoms with Gasteiger partial charge in [0, 0.05) is 0 Å². The minimum atomic E-state index is 0.0251. The monoisotopic (exact) mass is 176 g/mol. The van der Waals surface area contributed by atoms with E-state index in [1.54, 1.807) is 4.43 Å². The topological polar surface area (TPSA) is 0 Å². The second-order valence-electron chi connectivity index (χ2n) is 3.92. The van der Waals surface area contributed by atoms with Crippen molar-refractivity contribution in [2.45, 2.75) is 26.1 Å². The maximum atomic E-state index is 2.31. The van der Waals surface area contributed by atoms with Gasteiger partial charge in [0.05, 0.1) is 0 Å². The van der Waals surface area contributed by atoms with Crippen LogP contribution < -0.4 is 4.43 Å². The lowest BCUT2D eigenvalue weighted by atomic mass is 10.2. The predicted molar refractivity (Wildman–Crippen MR) is 57.6 cm³/mol. The van der Waals surface area contributed by atoms with E-state index in [-0.39, 0.29) is 15.2 Å². The van der Waals surface area contributed by atoms with Crippen molar-refractivity contribution in [3.8, 4) is 0 Å². The Labute approximate surface area is 81.7 Å². The van der Waals surface area contributed by atoms with Crippen molar-refractivity contribution in [3.63, 3.8) is 0 Å². The molecular weight excluding hydrogens is 159 g/mol. The maximum Gasteiger partial charge on any atom is 0.282 e. The summed E-state index contributed by atoms with van der Waals surface area (Å²) in [7, 11) is 0. The van der Waals surface area contributed by atoms with E-state index in [4.69, 9.17) is 0 Å². The fourth-order valence-electron chi connectivity index (χ4n) is 1.21. The van der Waals surface area contributed by atoms with E-state index in [0.717, 1.165) is 5.92 Å². The highest BCUT2D eigenvalue weighted by Crippen LogP contribution is 1.99. The number of aryl methyl sites for hydroxylation is 1. The molecule has 0 unspecified atom stereocenters. The van der Waals surface area contributed by atoms with Gasteiger partial charge in [0.25, 0.3) is 15.2 Å². The highest BCUT2D eigenvalue weighted by molar-refractivity contribution is 6.53. The normalized spacial score (nSPS) is 10.3. The summed E-state index contributed by atoms with van der Waals surface area (Å²) in [6.45, 7) is 6.76. The molecule has 0 aliphatic heterocycles. The number of benzene rings is 1. The molecule has 0 heterocycles. The van der Waals surface area contributed by atoms with Crippen LogP contribution in [-0.4, -0.2) is 15.2 Å². The fraction of sp³-hybridized carbons (Fsp3) is 0.455.